The van der Waals surface area contributed by atoms with E-state index in [1.165, 1.54) is 24.4 Å². The summed E-state index contributed by atoms with van der Waals surface area (Å²) >= 11 is 5.69. The number of pyridine rings is 1. The van der Waals surface area contributed by atoms with Crippen LogP contribution < -0.4 is 15.5 Å². The summed E-state index contributed by atoms with van der Waals surface area (Å²) in [5, 5.41) is 10.1. The summed E-state index contributed by atoms with van der Waals surface area (Å²) in [5.41, 5.74) is 6.21. The van der Waals surface area contributed by atoms with E-state index in [-0.39, 0.29) is 17.3 Å². The number of hydroxylamine groups is 1. The Labute approximate surface area is 129 Å². The van der Waals surface area contributed by atoms with E-state index in [1.54, 1.807) is 6.07 Å². The predicted octanol–water partition coefficient (Wildman–Crippen LogP) is 2.27. The van der Waals surface area contributed by atoms with Crippen molar-refractivity contribution in [3.63, 3.8) is 0 Å². The van der Waals surface area contributed by atoms with Crippen molar-refractivity contribution in [1.29, 1.82) is 0 Å². The van der Waals surface area contributed by atoms with Crippen LogP contribution in [0.2, 0.25) is 5.02 Å². The van der Waals surface area contributed by atoms with Crippen LogP contribution in [0.4, 0.5) is 10.2 Å². The van der Waals surface area contributed by atoms with E-state index in [2.05, 4.69) is 4.98 Å². The lowest BCUT2D eigenvalue weighted by Crippen LogP contribution is -2.47. The normalized spacial score (nSPS) is 17.4. The number of nitrogens with zero attached hydrogens (tertiary/aromatic N) is 2. The Hall–Kier alpha value is -2.22. The first kappa shape index (κ1) is 14.7. The number of carbonyl (C=O) groups excluding carboxylic acids is 1. The topological polar surface area (TPSA) is 88.7 Å². The molecule has 0 saturated carbocycles. The zero-order valence-electron chi connectivity index (χ0n) is 11.2. The SMILES string of the molecule is N[C@H]1Cc2cc(Oc3ccc(F)c(Cl)c3)cnc2N(O)C1=O. The van der Waals surface area contributed by atoms with Crippen LogP contribution in [-0.4, -0.2) is 22.1 Å². The van der Waals surface area contributed by atoms with Gasteiger partial charge in [0.2, 0.25) is 0 Å². The third-order valence-corrected chi connectivity index (χ3v) is 3.50. The van der Waals surface area contributed by atoms with Gasteiger partial charge in [-0.05, 0) is 18.2 Å². The van der Waals surface area contributed by atoms with Crippen LogP contribution in [0.1, 0.15) is 5.56 Å². The van der Waals surface area contributed by atoms with Crippen molar-refractivity contribution in [3.05, 3.63) is 46.9 Å². The summed E-state index contributed by atoms with van der Waals surface area (Å²) in [6.07, 6.45) is 1.57. The molecule has 22 heavy (non-hydrogen) atoms. The molecule has 6 nitrogen and oxygen atoms in total. The van der Waals surface area contributed by atoms with Gasteiger partial charge in [-0.1, -0.05) is 11.6 Å². The van der Waals surface area contributed by atoms with E-state index in [9.17, 15) is 14.4 Å². The second-order valence-corrected chi connectivity index (χ2v) is 5.20. The number of rotatable bonds is 2. The minimum Gasteiger partial charge on any atom is -0.456 e. The quantitative estimate of drug-likeness (QED) is 0.828. The first-order valence-corrected chi connectivity index (χ1v) is 6.74. The summed E-state index contributed by atoms with van der Waals surface area (Å²) in [6.45, 7) is 0. The van der Waals surface area contributed by atoms with Crippen LogP contribution >= 0.6 is 11.6 Å². The molecule has 1 aromatic carbocycles. The summed E-state index contributed by atoms with van der Waals surface area (Å²) in [6, 6.07) is 4.72. The number of ether oxygens (including phenoxy) is 1. The number of aromatic nitrogens is 1. The molecule has 1 atom stereocenters. The summed E-state index contributed by atoms with van der Waals surface area (Å²) in [4.78, 5) is 15.6. The molecule has 8 heteroatoms. The largest absolute Gasteiger partial charge is 0.456 e. The van der Waals surface area contributed by atoms with Gasteiger partial charge in [0.05, 0.1) is 17.3 Å². The molecular formula is C14H11ClFN3O3. The minimum atomic E-state index is -0.838. The second kappa shape index (κ2) is 5.53. The van der Waals surface area contributed by atoms with Gasteiger partial charge >= 0.3 is 0 Å². The number of carbonyl (C=O) groups is 1. The van der Waals surface area contributed by atoms with Gasteiger partial charge in [-0.15, -0.1) is 0 Å². The second-order valence-electron chi connectivity index (χ2n) is 4.79. The Bertz CT molecular complexity index is 756. The van der Waals surface area contributed by atoms with E-state index in [1.807, 2.05) is 0 Å². The summed E-state index contributed by atoms with van der Waals surface area (Å²) in [7, 11) is 0. The molecule has 0 spiro atoms. The molecule has 0 radical (unpaired) electrons. The van der Waals surface area contributed by atoms with Crippen LogP contribution in [-0.2, 0) is 11.2 Å². The number of nitrogens with two attached hydrogens (primary N) is 1. The van der Waals surface area contributed by atoms with Gasteiger partial charge in [0, 0.05) is 18.1 Å². The van der Waals surface area contributed by atoms with Crippen LogP contribution in [0, 0.1) is 5.82 Å². The molecule has 1 aromatic heterocycles. The van der Waals surface area contributed by atoms with Gasteiger partial charge in [-0.25, -0.2) is 9.37 Å². The maximum atomic E-state index is 13.1. The van der Waals surface area contributed by atoms with Crippen molar-refractivity contribution >= 4 is 23.3 Å². The van der Waals surface area contributed by atoms with Crippen molar-refractivity contribution in [2.75, 3.05) is 5.06 Å². The average Bonchev–Trinajstić information content (AvgIpc) is 2.49. The number of hydrogen-bond acceptors (Lipinski definition) is 5. The highest BCUT2D eigenvalue weighted by molar-refractivity contribution is 6.30. The lowest BCUT2D eigenvalue weighted by molar-refractivity contribution is -0.125. The lowest BCUT2D eigenvalue weighted by Gasteiger charge is -2.26. The number of hydrogen-bond donors (Lipinski definition) is 2. The zero-order chi connectivity index (χ0) is 15.9. The average molecular weight is 324 g/mol. The maximum absolute atomic E-state index is 13.1. The number of fused-ring (bicyclic) bond motifs is 1. The molecule has 0 aliphatic carbocycles. The number of benzene rings is 1. The van der Waals surface area contributed by atoms with Gasteiger partial charge in [0.1, 0.15) is 17.3 Å². The van der Waals surface area contributed by atoms with Gasteiger partial charge in [0.15, 0.2) is 5.82 Å². The Morgan fingerprint density at radius 3 is 2.91 bits per heavy atom. The molecule has 2 heterocycles. The molecule has 3 N–H and O–H groups in total. The molecular weight excluding hydrogens is 313 g/mol. The number of anilines is 1. The van der Waals surface area contributed by atoms with Crippen molar-refractivity contribution in [2.45, 2.75) is 12.5 Å². The molecule has 2 aromatic rings. The Kier molecular flexibility index (Phi) is 3.69. The number of amides is 1. The van der Waals surface area contributed by atoms with E-state index in [0.717, 1.165) is 0 Å². The summed E-state index contributed by atoms with van der Waals surface area (Å²) in [5.74, 6) is -0.338. The molecule has 1 aliphatic heterocycles. The molecule has 0 unspecified atom stereocenters. The van der Waals surface area contributed by atoms with Crippen LogP contribution in [0.5, 0.6) is 11.5 Å². The van der Waals surface area contributed by atoms with Crippen molar-refractivity contribution in [3.8, 4) is 11.5 Å². The minimum absolute atomic E-state index is 0.0578. The zero-order valence-corrected chi connectivity index (χ0v) is 11.9. The van der Waals surface area contributed by atoms with E-state index in [4.69, 9.17) is 22.1 Å². The maximum Gasteiger partial charge on any atom is 0.269 e. The smallest absolute Gasteiger partial charge is 0.269 e. The third-order valence-electron chi connectivity index (χ3n) is 3.21. The molecule has 1 aliphatic rings. The molecule has 114 valence electrons. The highest BCUT2D eigenvalue weighted by Crippen LogP contribution is 2.30. The fraction of sp³-hybridized carbons (Fsp3) is 0.143. The van der Waals surface area contributed by atoms with Crippen LogP contribution in [0.3, 0.4) is 0 Å². The molecule has 0 saturated heterocycles. The Morgan fingerprint density at radius 1 is 1.41 bits per heavy atom. The van der Waals surface area contributed by atoms with Crippen molar-refractivity contribution < 1.29 is 19.1 Å². The first-order valence-electron chi connectivity index (χ1n) is 6.36. The monoisotopic (exact) mass is 323 g/mol. The van der Waals surface area contributed by atoms with Crippen molar-refractivity contribution in [1.82, 2.24) is 4.98 Å². The van der Waals surface area contributed by atoms with Gasteiger partial charge < -0.3 is 10.5 Å². The fourth-order valence-electron chi connectivity index (χ4n) is 2.14. The molecule has 0 bridgehead atoms. The van der Waals surface area contributed by atoms with Gasteiger partial charge in [-0.3, -0.25) is 10.0 Å². The van der Waals surface area contributed by atoms with E-state index in [0.29, 0.717) is 22.1 Å². The van der Waals surface area contributed by atoms with Crippen LogP contribution in [0.15, 0.2) is 30.5 Å². The van der Waals surface area contributed by atoms with Gasteiger partial charge in [0.25, 0.3) is 5.91 Å². The Morgan fingerprint density at radius 2 is 2.18 bits per heavy atom. The third kappa shape index (κ3) is 2.61. The molecule has 1 amide bonds. The summed E-state index contributed by atoms with van der Waals surface area (Å²) < 4.78 is 18.6. The molecule has 3 rings (SSSR count). The van der Waals surface area contributed by atoms with E-state index < -0.39 is 17.8 Å². The highest BCUT2D eigenvalue weighted by atomic mass is 35.5. The highest BCUT2D eigenvalue weighted by Gasteiger charge is 2.31. The predicted molar refractivity (Wildman–Crippen MR) is 76.7 cm³/mol. The van der Waals surface area contributed by atoms with Crippen LogP contribution in [0.25, 0.3) is 0 Å². The first-order chi connectivity index (χ1) is 10.5. The van der Waals surface area contributed by atoms with Crippen molar-refractivity contribution in [2.24, 2.45) is 5.73 Å². The fourth-order valence-corrected chi connectivity index (χ4v) is 2.31. The number of halogens is 2. The van der Waals surface area contributed by atoms with Gasteiger partial charge in [-0.2, -0.15) is 5.06 Å². The lowest BCUT2D eigenvalue weighted by atomic mass is 10.0. The Balaban J connectivity index is 1.89. The molecule has 0 fully saturated rings. The van der Waals surface area contributed by atoms with E-state index >= 15 is 0 Å². The standard InChI is InChI=1S/C14H11ClFN3O3/c15-10-5-8(1-2-11(10)16)22-9-3-7-4-12(17)14(20)19(21)13(7)18-6-9/h1-3,5-6,12,21H,4,17H2/t12-/m0/s1.